The summed E-state index contributed by atoms with van der Waals surface area (Å²) < 4.78 is 65.6. The lowest BCUT2D eigenvalue weighted by Gasteiger charge is -2.27. The molecule has 0 spiro atoms. The highest BCUT2D eigenvalue weighted by atomic mass is 16.6. The number of benzene rings is 2. The zero-order valence-electron chi connectivity index (χ0n) is 37.6. The molecule has 2 aliphatic heterocycles. The molecule has 4 rings (SSSR count). The molecular weight excluding hydrogens is 823 g/mol. The van der Waals surface area contributed by atoms with Crippen molar-refractivity contribution < 1.29 is 67.1 Å². The van der Waals surface area contributed by atoms with Gasteiger partial charge >= 0.3 is 0 Å². The van der Waals surface area contributed by atoms with E-state index in [2.05, 4.69) is 25.8 Å². The maximum atomic E-state index is 11.2. The predicted octanol–water partition coefficient (Wildman–Crippen LogP) is 1.38. The third-order valence-corrected chi connectivity index (χ3v) is 10.1. The summed E-state index contributed by atoms with van der Waals surface area (Å²) in [4.78, 5) is 4.64. The molecule has 2 unspecified atom stereocenters. The van der Waals surface area contributed by atoms with Crippen molar-refractivity contribution in [3.63, 3.8) is 0 Å². The van der Waals surface area contributed by atoms with E-state index in [4.69, 9.17) is 56.8 Å². The van der Waals surface area contributed by atoms with Gasteiger partial charge < -0.3 is 72.4 Å². The average Bonchev–Trinajstić information content (AvgIpc) is 3.97. The molecule has 0 aliphatic carbocycles. The molecule has 2 fully saturated rings. The van der Waals surface area contributed by atoms with Gasteiger partial charge in [-0.05, 0) is 12.1 Å². The molecule has 0 radical (unpaired) electrons. The summed E-state index contributed by atoms with van der Waals surface area (Å²) in [6.45, 7) is 16.0. The number of hydrogen-bond acceptors (Lipinski definition) is 19. The Balaban J connectivity index is 1.05. The van der Waals surface area contributed by atoms with Crippen LogP contribution in [0.2, 0.25) is 0 Å². The first kappa shape index (κ1) is 52.7. The minimum Gasteiger partial charge on any atom is -0.504 e. The van der Waals surface area contributed by atoms with Crippen LogP contribution in [-0.4, -0.2) is 219 Å². The van der Waals surface area contributed by atoms with Gasteiger partial charge in [0.15, 0.2) is 23.0 Å². The molecule has 63 heavy (non-hydrogen) atoms. The second kappa shape index (κ2) is 34.4. The molecule has 2 atom stereocenters. The van der Waals surface area contributed by atoms with E-state index in [-0.39, 0.29) is 23.8 Å². The topological polar surface area (TPSA) is 194 Å². The molecule has 360 valence electrons. The van der Waals surface area contributed by atoms with Gasteiger partial charge in [0.2, 0.25) is 0 Å². The first-order valence-corrected chi connectivity index (χ1v) is 22.3. The van der Waals surface area contributed by atoms with Crippen LogP contribution in [0.25, 0.3) is 0 Å². The quantitative estimate of drug-likeness (QED) is 0.0602. The number of methoxy groups -OCH3 is 2. The minimum absolute atomic E-state index is 0.125. The Kier molecular flexibility index (Phi) is 28.8. The maximum absolute atomic E-state index is 11.2. The van der Waals surface area contributed by atoms with Gasteiger partial charge in [-0.25, -0.2) is 0 Å². The van der Waals surface area contributed by atoms with Crippen LogP contribution in [0.15, 0.2) is 36.4 Å². The van der Waals surface area contributed by atoms with Crippen LogP contribution in [0.4, 0.5) is 0 Å². The summed E-state index contributed by atoms with van der Waals surface area (Å²) in [5.74, 6) is 1.13. The second-order valence-corrected chi connectivity index (χ2v) is 14.5. The Bertz CT molecular complexity index is 1330. The number of phenols is 2. The molecule has 0 saturated carbocycles. The van der Waals surface area contributed by atoms with Crippen LogP contribution in [0.1, 0.15) is 23.5 Å². The van der Waals surface area contributed by atoms with Crippen molar-refractivity contribution in [1.82, 2.24) is 25.8 Å². The second-order valence-electron chi connectivity index (χ2n) is 14.5. The Morgan fingerprint density at radius 3 is 1.13 bits per heavy atom. The fourth-order valence-electron chi connectivity index (χ4n) is 6.85. The van der Waals surface area contributed by atoms with Gasteiger partial charge in [0.25, 0.3) is 0 Å². The van der Waals surface area contributed by atoms with Crippen LogP contribution < -0.4 is 25.4 Å². The molecule has 0 aromatic heterocycles. The highest BCUT2D eigenvalue weighted by molar-refractivity contribution is 5.48. The van der Waals surface area contributed by atoms with E-state index < -0.39 is 0 Å². The van der Waals surface area contributed by atoms with Gasteiger partial charge in [-0.1, -0.05) is 24.3 Å². The van der Waals surface area contributed by atoms with Crippen molar-refractivity contribution in [1.29, 1.82) is 0 Å². The summed E-state index contributed by atoms with van der Waals surface area (Å²) in [5, 5.41) is 33.0. The summed E-state index contributed by atoms with van der Waals surface area (Å²) in [5.41, 5.74) is 1.57. The van der Waals surface area contributed by atoms with E-state index in [9.17, 15) is 10.2 Å². The molecular formula is C44H75N5O14. The number of ether oxygens (including phenoxy) is 12. The van der Waals surface area contributed by atoms with Crippen LogP contribution >= 0.6 is 0 Å². The van der Waals surface area contributed by atoms with E-state index in [1.165, 1.54) is 0 Å². The highest BCUT2D eigenvalue weighted by Gasteiger charge is 2.30. The lowest BCUT2D eigenvalue weighted by molar-refractivity contribution is -0.00983. The zero-order chi connectivity index (χ0) is 44.4. The van der Waals surface area contributed by atoms with E-state index in [1.807, 2.05) is 24.3 Å². The lowest BCUT2D eigenvalue weighted by atomic mass is 10.1. The maximum Gasteiger partial charge on any atom is 0.163 e. The third-order valence-electron chi connectivity index (χ3n) is 10.1. The minimum atomic E-state index is -0.125. The van der Waals surface area contributed by atoms with Gasteiger partial charge in [-0.15, -0.1) is 0 Å². The highest BCUT2D eigenvalue weighted by Crippen LogP contribution is 2.37. The molecule has 2 heterocycles. The number of para-hydroxylation sites is 2. The van der Waals surface area contributed by atoms with Crippen LogP contribution in [0.5, 0.6) is 23.0 Å². The summed E-state index contributed by atoms with van der Waals surface area (Å²) in [6.07, 6.45) is -0.250. The Morgan fingerprint density at radius 1 is 0.476 bits per heavy atom. The van der Waals surface area contributed by atoms with Crippen LogP contribution in [0, 0.1) is 0 Å². The molecule has 0 bridgehead atoms. The fraction of sp³-hybridized carbons (Fsp3) is 0.727. The van der Waals surface area contributed by atoms with E-state index in [0.29, 0.717) is 144 Å². The molecule has 2 aromatic carbocycles. The molecule has 2 aliphatic rings. The number of nitrogens with one attached hydrogen (secondary N) is 3. The average molecular weight is 898 g/mol. The molecule has 2 saturated heterocycles. The smallest absolute Gasteiger partial charge is 0.163 e. The standard InChI is InChI=1S/C44H75N5O14/c1-52-17-19-54-21-23-56-25-27-58-29-31-60-33-35-62-39-7-3-5-37(41(39)50)43-46-11-15-48(43)13-9-45-10-14-49-16-12-47-44(49)38-6-4-8-40(42(38)51)63-36-34-61-32-30-59-28-26-57-24-22-55-20-18-53-2/h3-8,43-47,50-51H,9-36H2,1-2H3. The number of aromatic hydroxyl groups is 2. The zero-order valence-corrected chi connectivity index (χ0v) is 37.6. The number of rotatable bonds is 40. The van der Waals surface area contributed by atoms with Crippen molar-refractivity contribution in [2.45, 2.75) is 12.3 Å². The monoisotopic (exact) mass is 898 g/mol. The van der Waals surface area contributed by atoms with E-state index in [1.54, 1.807) is 26.4 Å². The molecule has 5 N–H and O–H groups in total. The fourth-order valence-corrected chi connectivity index (χ4v) is 6.85. The van der Waals surface area contributed by atoms with Crippen molar-refractivity contribution in [3.05, 3.63) is 47.5 Å². The summed E-state index contributed by atoms with van der Waals surface area (Å²) in [6, 6.07) is 11.2. The van der Waals surface area contributed by atoms with Crippen molar-refractivity contribution in [3.8, 4) is 23.0 Å². The molecule has 2 aromatic rings. The van der Waals surface area contributed by atoms with Gasteiger partial charge in [-0.3, -0.25) is 20.4 Å². The predicted molar refractivity (Wildman–Crippen MR) is 235 cm³/mol. The lowest BCUT2D eigenvalue weighted by Crippen LogP contribution is -2.38. The third kappa shape index (κ3) is 21.3. The van der Waals surface area contributed by atoms with E-state index in [0.717, 1.165) is 63.5 Å². The van der Waals surface area contributed by atoms with Gasteiger partial charge in [0, 0.05) is 77.7 Å². The van der Waals surface area contributed by atoms with Crippen molar-refractivity contribution >= 4 is 0 Å². The molecule has 0 amide bonds. The first-order valence-electron chi connectivity index (χ1n) is 22.3. The van der Waals surface area contributed by atoms with E-state index >= 15 is 0 Å². The number of hydrogen-bond donors (Lipinski definition) is 5. The summed E-state index contributed by atoms with van der Waals surface area (Å²) in [7, 11) is 3.29. The number of phenolic OH excluding ortho intramolecular Hbond substituents is 2. The summed E-state index contributed by atoms with van der Waals surface area (Å²) >= 11 is 0. The largest absolute Gasteiger partial charge is 0.504 e. The van der Waals surface area contributed by atoms with Crippen LogP contribution in [-0.2, 0) is 47.4 Å². The Hall–Kier alpha value is -2.96. The molecule has 19 heteroatoms. The normalized spacial score (nSPS) is 17.0. The SMILES string of the molecule is COCCOCCOCCOCCOCCOc1cccc(C2NCCN2CCNCCN2CCNC2c2cccc(OCCOCCOCCOCCOCCOC)c2O)c1O. The van der Waals surface area contributed by atoms with Crippen molar-refractivity contribution in [2.75, 3.05) is 199 Å². The number of nitrogens with zero attached hydrogens (tertiary/aromatic N) is 2. The Morgan fingerprint density at radius 2 is 0.794 bits per heavy atom. The van der Waals surface area contributed by atoms with Gasteiger partial charge in [-0.2, -0.15) is 0 Å². The van der Waals surface area contributed by atoms with Crippen molar-refractivity contribution in [2.24, 2.45) is 0 Å². The first-order chi connectivity index (χ1) is 31.1. The van der Waals surface area contributed by atoms with Gasteiger partial charge in [0.05, 0.1) is 131 Å². The van der Waals surface area contributed by atoms with Crippen LogP contribution in [0.3, 0.4) is 0 Å². The molecule has 19 nitrogen and oxygen atoms in total. The Labute approximate surface area is 373 Å². The van der Waals surface area contributed by atoms with Gasteiger partial charge in [0.1, 0.15) is 13.2 Å².